The molecule has 0 radical (unpaired) electrons. The molecule has 0 spiro atoms. The number of nitrogens with one attached hydrogen (secondary N) is 1. The van der Waals surface area contributed by atoms with Crippen molar-refractivity contribution < 1.29 is 4.79 Å². The topological polar surface area (TPSA) is 34.0 Å². The maximum Gasteiger partial charge on any atom is 0.251 e. The van der Waals surface area contributed by atoms with Crippen molar-refractivity contribution in [1.29, 1.82) is 0 Å². The molecule has 1 aromatic heterocycles. The first-order valence-electron chi connectivity index (χ1n) is 9.85. The Morgan fingerprint density at radius 3 is 2.68 bits per heavy atom. The van der Waals surface area contributed by atoms with E-state index in [1.807, 2.05) is 36.4 Å². The largest absolute Gasteiger partial charge is 0.348 e. The number of benzene rings is 2. The van der Waals surface area contributed by atoms with Gasteiger partial charge in [-0.25, -0.2) is 0 Å². The Morgan fingerprint density at radius 2 is 1.93 bits per heavy atom. The highest BCUT2D eigenvalue weighted by Gasteiger charge is 2.21. The van der Waals surface area contributed by atoms with E-state index in [1.54, 1.807) is 0 Å². The molecule has 1 atom stereocenters. The molecule has 0 fully saturated rings. The van der Waals surface area contributed by atoms with Crippen molar-refractivity contribution in [2.45, 2.75) is 39.7 Å². The van der Waals surface area contributed by atoms with Gasteiger partial charge in [0.15, 0.2) is 0 Å². The summed E-state index contributed by atoms with van der Waals surface area (Å²) in [5.74, 6) is 0.709. The summed E-state index contributed by atoms with van der Waals surface area (Å²) in [6.45, 7) is 5.00. The van der Waals surface area contributed by atoms with E-state index in [2.05, 4.69) is 57.9 Å². The fourth-order valence-corrected chi connectivity index (χ4v) is 4.53. The Bertz CT molecular complexity index is 1000. The van der Waals surface area contributed by atoms with Crippen molar-refractivity contribution in [3.05, 3.63) is 87.1 Å². The minimum atomic E-state index is -0.0533. The smallest absolute Gasteiger partial charge is 0.251 e. The van der Waals surface area contributed by atoms with Gasteiger partial charge < -0.3 is 9.88 Å². The molecule has 144 valence electrons. The van der Waals surface area contributed by atoms with Gasteiger partial charge >= 0.3 is 0 Å². The summed E-state index contributed by atoms with van der Waals surface area (Å²) in [7, 11) is 0. The van der Waals surface area contributed by atoms with Gasteiger partial charge in [0.05, 0.1) is 0 Å². The van der Waals surface area contributed by atoms with Gasteiger partial charge in [0.1, 0.15) is 0 Å². The lowest BCUT2D eigenvalue weighted by Crippen LogP contribution is -2.23. The van der Waals surface area contributed by atoms with E-state index in [4.69, 9.17) is 0 Å². The van der Waals surface area contributed by atoms with Gasteiger partial charge in [-0.05, 0) is 79.6 Å². The second kappa shape index (κ2) is 7.96. The van der Waals surface area contributed by atoms with E-state index in [1.165, 1.54) is 29.8 Å². The normalized spacial score (nSPS) is 15.9. The van der Waals surface area contributed by atoms with E-state index in [0.29, 0.717) is 12.1 Å². The molecule has 0 saturated heterocycles. The number of aromatic nitrogens is 1. The quantitative estimate of drug-likeness (QED) is 0.566. The van der Waals surface area contributed by atoms with Gasteiger partial charge in [0.2, 0.25) is 0 Å². The molecule has 4 rings (SSSR count). The van der Waals surface area contributed by atoms with Gasteiger partial charge in [0.25, 0.3) is 5.91 Å². The van der Waals surface area contributed by atoms with Crippen LogP contribution in [0.1, 0.15) is 46.2 Å². The molecular weight excluding hydrogens is 412 g/mol. The summed E-state index contributed by atoms with van der Waals surface area (Å²) in [5.41, 5.74) is 7.06. The van der Waals surface area contributed by atoms with Crippen LogP contribution in [-0.4, -0.2) is 10.5 Å². The SMILES string of the molecule is Cc1cc2c(n1-c1ccc(C(=O)NCc3ccccc3Br)cc1)CCC(C)C2. The first kappa shape index (κ1) is 19.0. The minimum Gasteiger partial charge on any atom is -0.348 e. The second-order valence-corrected chi connectivity index (χ2v) is 8.62. The molecule has 1 N–H and O–H groups in total. The van der Waals surface area contributed by atoms with Crippen molar-refractivity contribution in [3.63, 3.8) is 0 Å². The molecule has 1 unspecified atom stereocenters. The van der Waals surface area contributed by atoms with Crippen LogP contribution < -0.4 is 5.32 Å². The highest BCUT2D eigenvalue weighted by Crippen LogP contribution is 2.30. The summed E-state index contributed by atoms with van der Waals surface area (Å²) in [5, 5.41) is 3.00. The van der Waals surface area contributed by atoms with Crippen LogP contribution in [0.2, 0.25) is 0 Å². The Kier molecular flexibility index (Phi) is 5.40. The first-order valence-corrected chi connectivity index (χ1v) is 10.6. The molecule has 1 amide bonds. The van der Waals surface area contributed by atoms with Crippen molar-refractivity contribution in [2.75, 3.05) is 0 Å². The fraction of sp³-hybridized carbons (Fsp3) is 0.292. The van der Waals surface area contributed by atoms with E-state index in [0.717, 1.165) is 28.1 Å². The summed E-state index contributed by atoms with van der Waals surface area (Å²) in [4.78, 5) is 12.5. The highest BCUT2D eigenvalue weighted by atomic mass is 79.9. The number of halogens is 1. The van der Waals surface area contributed by atoms with Crippen LogP contribution in [0.25, 0.3) is 5.69 Å². The van der Waals surface area contributed by atoms with E-state index < -0.39 is 0 Å². The number of fused-ring (bicyclic) bond motifs is 1. The summed E-state index contributed by atoms with van der Waals surface area (Å²) < 4.78 is 3.36. The van der Waals surface area contributed by atoms with E-state index >= 15 is 0 Å². The van der Waals surface area contributed by atoms with Crippen LogP contribution in [0.5, 0.6) is 0 Å². The Labute approximate surface area is 174 Å². The van der Waals surface area contributed by atoms with Crippen molar-refractivity contribution in [2.24, 2.45) is 5.92 Å². The summed E-state index contributed by atoms with van der Waals surface area (Å²) in [6.07, 6.45) is 3.53. The number of rotatable bonds is 4. The van der Waals surface area contributed by atoms with Crippen LogP contribution in [0.15, 0.2) is 59.1 Å². The monoisotopic (exact) mass is 436 g/mol. The van der Waals surface area contributed by atoms with Gasteiger partial charge in [0, 0.05) is 33.7 Å². The van der Waals surface area contributed by atoms with Gasteiger partial charge in [-0.15, -0.1) is 0 Å². The average Bonchev–Trinajstić information content (AvgIpc) is 3.02. The molecule has 3 aromatic rings. The molecule has 0 saturated carbocycles. The van der Waals surface area contributed by atoms with E-state index in [9.17, 15) is 4.79 Å². The zero-order valence-corrected chi connectivity index (χ0v) is 17.9. The van der Waals surface area contributed by atoms with Gasteiger partial charge in [-0.1, -0.05) is 41.1 Å². The minimum absolute atomic E-state index is 0.0533. The van der Waals surface area contributed by atoms with Crippen LogP contribution in [0.4, 0.5) is 0 Å². The lowest BCUT2D eigenvalue weighted by Gasteiger charge is -2.21. The number of carbonyl (C=O) groups is 1. The first-order chi connectivity index (χ1) is 13.5. The predicted molar refractivity (Wildman–Crippen MR) is 117 cm³/mol. The number of carbonyl (C=O) groups excluding carboxylic acids is 1. The van der Waals surface area contributed by atoms with Crippen molar-refractivity contribution >= 4 is 21.8 Å². The highest BCUT2D eigenvalue weighted by molar-refractivity contribution is 9.10. The molecular formula is C24H25BrN2O. The molecule has 1 aliphatic rings. The number of amides is 1. The maximum atomic E-state index is 12.5. The third-order valence-corrected chi connectivity index (χ3v) is 6.38. The Balaban J connectivity index is 1.50. The summed E-state index contributed by atoms with van der Waals surface area (Å²) in [6, 6.07) is 18.2. The van der Waals surface area contributed by atoms with E-state index in [-0.39, 0.29) is 5.91 Å². The molecule has 0 bridgehead atoms. The van der Waals surface area contributed by atoms with Crippen molar-refractivity contribution in [1.82, 2.24) is 9.88 Å². The molecule has 1 aliphatic carbocycles. The van der Waals surface area contributed by atoms with Crippen LogP contribution >= 0.6 is 15.9 Å². The lowest BCUT2D eigenvalue weighted by molar-refractivity contribution is 0.0951. The molecule has 2 aromatic carbocycles. The molecule has 28 heavy (non-hydrogen) atoms. The third-order valence-electron chi connectivity index (χ3n) is 5.60. The number of hydrogen-bond donors (Lipinski definition) is 1. The maximum absolute atomic E-state index is 12.5. The number of hydrogen-bond acceptors (Lipinski definition) is 1. The van der Waals surface area contributed by atoms with Crippen LogP contribution in [0.3, 0.4) is 0 Å². The van der Waals surface area contributed by atoms with Crippen LogP contribution in [0, 0.1) is 12.8 Å². The summed E-state index contributed by atoms with van der Waals surface area (Å²) >= 11 is 3.52. The van der Waals surface area contributed by atoms with Crippen LogP contribution in [-0.2, 0) is 19.4 Å². The predicted octanol–water partition coefficient (Wildman–Crippen LogP) is 5.60. The van der Waals surface area contributed by atoms with Crippen molar-refractivity contribution in [3.8, 4) is 5.69 Å². The Morgan fingerprint density at radius 1 is 1.18 bits per heavy atom. The molecule has 1 heterocycles. The Hall–Kier alpha value is -2.33. The molecule has 4 heteroatoms. The molecule has 3 nitrogen and oxygen atoms in total. The fourth-order valence-electron chi connectivity index (χ4n) is 4.11. The number of nitrogens with zero attached hydrogens (tertiary/aromatic N) is 1. The molecule has 0 aliphatic heterocycles. The second-order valence-electron chi connectivity index (χ2n) is 7.76. The van der Waals surface area contributed by atoms with Gasteiger partial charge in [-0.2, -0.15) is 0 Å². The number of aryl methyl sites for hydroxylation is 1. The standard InChI is InChI=1S/C24H25BrN2O/c1-16-7-12-23-20(13-16)14-17(2)27(23)21-10-8-18(9-11-21)24(28)26-15-19-5-3-4-6-22(19)25/h3-6,8-11,14,16H,7,12-13,15H2,1-2H3,(H,26,28). The average molecular weight is 437 g/mol. The lowest BCUT2D eigenvalue weighted by atomic mass is 9.89. The zero-order chi connectivity index (χ0) is 19.7. The zero-order valence-electron chi connectivity index (χ0n) is 16.3. The third kappa shape index (κ3) is 3.79. The van der Waals surface area contributed by atoms with Gasteiger partial charge in [-0.3, -0.25) is 4.79 Å².